The lowest BCUT2D eigenvalue weighted by Crippen LogP contribution is -2.45. The second kappa shape index (κ2) is 7.14. The molecule has 24 heavy (non-hydrogen) atoms. The number of hydrogen-bond acceptors (Lipinski definition) is 2. The van der Waals surface area contributed by atoms with Crippen molar-refractivity contribution in [2.75, 3.05) is 13.1 Å². The Morgan fingerprint density at radius 2 is 1.96 bits per heavy atom. The van der Waals surface area contributed by atoms with Gasteiger partial charge in [0.05, 0.1) is 0 Å². The summed E-state index contributed by atoms with van der Waals surface area (Å²) < 4.78 is 0. The molecule has 2 aliphatic rings. The normalized spacial score (nSPS) is 22.1. The third-order valence-corrected chi connectivity index (χ3v) is 5.64. The van der Waals surface area contributed by atoms with Gasteiger partial charge in [0.25, 0.3) is 0 Å². The molecule has 1 aliphatic carbocycles. The van der Waals surface area contributed by atoms with Gasteiger partial charge in [-0.15, -0.1) is 0 Å². The summed E-state index contributed by atoms with van der Waals surface area (Å²) in [5.41, 5.74) is 1.32. The molecule has 0 unspecified atom stereocenters. The molecule has 1 heterocycles. The molecular formula is C19H25ClN2O2. The summed E-state index contributed by atoms with van der Waals surface area (Å²) in [6.45, 7) is 3.04. The third-order valence-electron chi connectivity index (χ3n) is 5.39. The van der Waals surface area contributed by atoms with Crippen LogP contribution in [0.3, 0.4) is 0 Å². The van der Waals surface area contributed by atoms with E-state index in [0.29, 0.717) is 13.0 Å². The molecule has 1 saturated carbocycles. The van der Waals surface area contributed by atoms with Gasteiger partial charge in [-0.25, -0.2) is 0 Å². The van der Waals surface area contributed by atoms with Crippen molar-refractivity contribution in [1.29, 1.82) is 0 Å². The molecule has 1 aliphatic heterocycles. The number of rotatable bonds is 5. The van der Waals surface area contributed by atoms with Gasteiger partial charge >= 0.3 is 0 Å². The molecule has 1 aromatic carbocycles. The summed E-state index contributed by atoms with van der Waals surface area (Å²) >= 11 is 5.96. The van der Waals surface area contributed by atoms with Crippen LogP contribution in [0.1, 0.15) is 51.0 Å². The maximum atomic E-state index is 12.4. The summed E-state index contributed by atoms with van der Waals surface area (Å²) in [5, 5.41) is 3.83. The van der Waals surface area contributed by atoms with Crippen molar-refractivity contribution >= 4 is 23.4 Å². The zero-order valence-corrected chi connectivity index (χ0v) is 14.9. The van der Waals surface area contributed by atoms with Crippen LogP contribution in [0, 0.1) is 0 Å². The van der Waals surface area contributed by atoms with Gasteiger partial charge in [0.1, 0.15) is 0 Å². The highest BCUT2D eigenvalue weighted by molar-refractivity contribution is 6.30. The quantitative estimate of drug-likeness (QED) is 0.887. The molecule has 5 heteroatoms. The lowest BCUT2D eigenvalue weighted by molar-refractivity contribution is -0.134. The van der Waals surface area contributed by atoms with Crippen LogP contribution in [0.2, 0.25) is 5.02 Å². The van der Waals surface area contributed by atoms with Crippen molar-refractivity contribution in [2.45, 2.75) is 56.9 Å². The van der Waals surface area contributed by atoms with Gasteiger partial charge in [0.15, 0.2) is 0 Å². The van der Waals surface area contributed by atoms with Crippen LogP contribution in [0.25, 0.3) is 0 Å². The Balaban J connectivity index is 1.54. The van der Waals surface area contributed by atoms with Crippen molar-refractivity contribution < 1.29 is 9.59 Å². The number of nitrogens with zero attached hydrogens (tertiary/aromatic N) is 1. The molecule has 1 aromatic rings. The molecule has 1 N–H and O–H groups in total. The molecule has 0 radical (unpaired) electrons. The van der Waals surface area contributed by atoms with Crippen molar-refractivity contribution in [2.24, 2.45) is 0 Å². The van der Waals surface area contributed by atoms with E-state index in [1.54, 1.807) is 6.92 Å². The zero-order chi connectivity index (χ0) is 17.2. The van der Waals surface area contributed by atoms with Gasteiger partial charge in [-0.3, -0.25) is 9.59 Å². The summed E-state index contributed by atoms with van der Waals surface area (Å²) in [6.07, 6.45) is 5.66. The monoisotopic (exact) mass is 348 g/mol. The van der Waals surface area contributed by atoms with Crippen LogP contribution in [0.5, 0.6) is 0 Å². The number of benzene rings is 1. The Hall–Kier alpha value is -1.55. The third kappa shape index (κ3) is 3.92. The summed E-state index contributed by atoms with van der Waals surface area (Å²) in [4.78, 5) is 25.9. The summed E-state index contributed by atoms with van der Waals surface area (Å²) in [5.74, 6) is 0.126. The second-order valence-electron chi connectivity index (χ2n) is 7.13. The van der Waals surface area contributed by atoms with Crippen LogP contribution >= 0.6 is 11.6 Å². The standard InChI is InChI=1S/C19H25ClN2O2/c1-14(23)22-11-3-2-4-17(22)12-18(24)21-13-19(9-10-19)15-5-7-16(20)8-6-15/h5-8,17H,2-4,9-13H2,1H3,(H,21,24)/t17-/m0/s1. The van der Waals surface area contributed by atoms with Gasteiger partial charge in [-0.1, -0.05) is 23.7 Å². The number of piperidine rings is 1. The molecular weight excluding hydrogens is 324 g/mol. The number of carbonyl (C=O) groups is 2. The fraction of sp³-hybridized carbons (Fsp3) is 0.579. The molecule has 0 bridgehead atoms. The second-order valence-corrected chi connectivity index (χ2v) is 7.57. The fourth-order valence-corrected chi connectivity index (χ4v) is 3.83. The van der Waals surface area contributed by atoms with E-state index < -0.39 is 0 Å². The minimum absolute atomic E-state index is 0.0494. The van der Waals surface area contributed by atoms with E-state index >= 15 is 0 Å². The molecule has 4 nitrogen and oxygen atoms in total. The van der Waals surface area contributed by atoms with Crippen LogP contribution in [-0.4, -0.2) is 35.8 Å². The van der Waals surface area contributed by atoms with E-state index in [4.69, 9.17) is 11.6 Å². The highest BCUT2D eigenvalue weighted by Crippen LogP contribution is 2.47. The van der Waals surface area contributed by atoms with Crippen LogP contribution in [-0.2, 0) is 15.0 Å². The van der Waals surface area contributed by atoms with E-state index in [1.807, 2.05) is 17.0 Å². The van der Waals surface area contributed by atoms with Gasteiger partial charge in [0, 0.05) is 42.9 Å². The maximum absolute atomic E-state index is 12.4. The first-order valence-corrected chi connectivity index (χ1v) is 9.18. The zero-order valence-electron chi connectivity index (χ0n) is 14.2. The average molecular weight is 349 g/mol. The molecule has 2 fully saturated rings. The number of carbonyl (C=O) groups excluding carboxylic acids is 2. The molecule has 3 rings (SSSR count). The predicted molar refractivity (Wildman–Crippen MR) is 95.0 cm³/mol. The first-order chi connectivity index (χ1) is 11.5. The Bertz CT molecular complexity index is 610. The van der Waals surface area contributed by atoms with Crippen LogP contribution in [0.15, 0.2) is 24.3 Å². The van der Waals surface area contributed by atoms with Gasteiger partial charge in [0.2, 0.25) is 11.8 Å². The fourth-order valence-electron chi connectivity index (χ4n) is 3.70. The molecule has 130 valence electrons. The van der Waals surface area contributed by atoms with Gasteiger partial charge in [-0.05, 0) is 49.8 Å². The van der Waals surface area contributed by atoms with Crippen LogP contribution < -0.4 is 5.32 Å². The number of amides is 2. The summed E-state index contributed by atoms with van der Waals surface area (Å²) in [7, 11) is 0. The lowest BCUT2D eigenvalue weighted by Gasteiger charge is -2.34. The van der Waals surface area contributed by atoms with E-state index in [1.165, 1.54) is 5.56 Å². The number of nitrogens with one attached hydrogen (secondary N) is 1. The Labute approximate surface area is 148 Å². The minimum atomic E-state index is 0.0494. The van der Waals surface area contributed by atoms with Gasteiger partial charge in [-0.2, -0.15) is 0 Å². The summed E-state index contributed by atoms with van der Waals surface area (Å²) in [6, 6.07) is 7.99. The molecule has 2 amide bonds. The average Bonchev–Trinajstić information content (AvgIpc) is 3.35. The largest absolute Gasteiger partial charge is 0.355 e. The predicted octanol–water partition coefficient (Wildman–Crippen LogP) is 3.28. The topological polar surface area (TPSA) is 49.4 Å². The van der Waals surface area contributed by atoms with Crippen molar-refractivity contribution in [3.63, 3.8) is 0 Å². The highest BCUT2D eigenvalue weighted by Gasteiger charge is 2.44. The first-order valence-electron chi connectivity index (χ1n) is 8.80. The van der Waals surface area contributed by atoms with Crippen molar-refractivity contribution in [3.8, 4) is 0 Å². The van der Waals surface area contributed by atoms with Crippen molar-refractivity contribution in [3.05, 3.63) is 34.9 Å². The minimum Gasteiger partial charge on any atom is -0.355 e. The number of likely N-dealkylation sites (tertiary alicyclic amines) is 1. The molecule has 1 saturated heterocycles. The highest BCUT2D eigenvalue weighted by atomic mass is 35.5. The SMILES string of the molecule is CC(=O)N1CCCC[C@H]1CC(=O)NCC1(c2ccc(Cl)cc2)CC1. The first kappa shape index (κ1) is 17.3. The lowest BCUT2D eigenvalue weighted by atomic mass is 9.95. The maximum Gasteiger partial charge on any atom is 0.222 e. The van der Waals surface area contributed by atoms with E-state index in [-0.39, 0.29) is 23.3 Å². The van der Waals surface area contributed by atoms with E-state index in [2.05, 4.69) is 17.4 Å². The smallest absolute Gasteiger partial charge is 0.222 e. The Morgan fingerprint density at radius 1 is 1.25 bits per heavy atom. The molecule has 0 aromatic heterocycles. The number of hydrogen-bond donors (Lipinski definition) is 1. The molecule has 0 spiro atoms. The Kier molecular flexibility index (Phi) is 5.14. The molecule has 1 atom stereocenters. The van der Waals surface area contributed by atoms with Crippen molar-refractivity contribution in [1.82, 2.24) is 10.2 Å². The van der Waals surface area contributed by atoms with E-state index in [0.717, 1.165) is 43.7 Å². The number of halogens is 1. The van der Waals surface area contributed by atoms with Gasteiger partial charge < -0.3 is 10.2 Å². The van der Waals surface area contributed by atoms with Crippen LogP contribution in [0.4, 0.5) is 0 Å². The Morgan fingerprint density at radius 3 is 2.58 bits per heavy atom. The van der Waals surface area contributed by atoms with E-state index in [9.17, 15) is 9.59 Å².